The molecule has 0 aliphatic rings. The number of aromatic amines is 1. The second kappa shape index (κ2) is 5.17. The molecule has 0 bridgehead atoms. The highest BCUT2D eigenvalue weighted by Gasteiger charge is 2.11. The number of hydrogen-bond acceptors (Lipinski definition) is 3. The number of aryl methyl sites for hydroxylation is 1. The highest BCUT2D eigenvalue weighted by atomic mass is 16.5. The van der Waals surface area contributed by atoms with Crippen molar-refractivity contribution in [2.75, 3.05) is 0 Å². The van der Waals surface area contributed by atoms with Gasteiger partial charge in [0.25, 0.3) is 5.89 Å². The Morgan fingerprint density at radius 3 is 2.35 bits per heavy atom. The molecular formula is C16H14N2O2. The predicted molar refractivity (Wildman–Crippen MR) is 77.4 cm³/mol. The van der Waals surface area contributed by atoms with Crippen LogP contribution in [0.1, 0.15) is 12.5 Å². The summed E-state index contributed by atoms with van der Waals surface area (Å²) < 4.78 is 5.11. The number of benzene rings is 2. The van der Waals surface area contributed by atoms with Crippen LogP contribution < -0.4 is 5.69 Å². The van der Waals surface area contributed by atoms with Crippen LogP contribution in [0, 0.1) is 0 Å². The Morgan fingerprint density at radius 1 is 1.05 bits per heavy atom. The van der Waals surface area contributed by atoms with Crippen molar-refractivity contribution in [3.63, 3.8) is 0 Å². The molecule has 1 N–H and O–H groups in total. The minimum atomic E-state index is -0.476. The zero-order valence-corrected chi connectivity index (χ0v) is 11.1. The fourth-order valence-corrected chi connectivity index (χ4v) is 2.19. The van der Waals surface area contributed by atoms with Gasteiger partial charge >= 0.3 is 5.69 Å². The molecule has 3 rings (SSSR count). The van der Waals surface area contributed by atoms with Gasteiger partial charge in [-0.3, -0.25) is 0 Å². The number of rotatable bonds is 3. The second-order valence-corrected chi connectivity index (χ2v) is 4.52. The maximum Gasteiger partial charge on any atom is 0.377 e. The molecule has 1 heterocycles. The molecule has 100 valence electrons. The van der Waals surface area contributed by atoms with Crippen LogP contribution in [0.3, 0.4) is 0 Å². The van der Waals surface area contributed by atoms with Crippen molar-refractivity contribution in [3.8, 4) is 22.6 Å². The van der Waals surface area contributed by atoms with Gasteiger partial charge in [0.15, 0.2) is 0 Å². The number of hydrogen-bond donors (Lipinski definition) is 1. The molecule has 1 aromatic heterocycles. The summed E-state index contributed by atoms with van der Waals surface area (Å²) in [5, 5.41) is 2.22. The first-order valence-electron chi connectivity index (χ1n) is 6.52. The molecule has 0 amide bonds. The van der Waals surface area contributed by atoms with Gasteiger partial charge in [0.1, 0.15) is 0 Å². The second-order valence-electron chi connectivity index (χ2n) is 4.52. The monoisotopic (exact) mass is 266 g/mol. The Morgan fingerprint density at radius 2 is 1.75 bits per heavy atom. The SMILES string of the molecule is CCc1ccc(-c2ccccc2-c2nc(=O)[nH]o2)cc1. The third-order valence-corrected chi connectivity index (χ3v) is 3.27. The van der Waals surface area contributed by atoms with Gasteiger partial charge in [0, 0.05) is 5.56 Å². The van der Waals surface area contributed by atoms with E-state index in [9.17, 15) is 4.79 Å². The van der Waals surface area contributed by atoms with Gasteiger partial charge in [-0.05, 0) is 29.2 Å². The van der Waals surface area contributed by atoms with Crippen LogP contribution in [-0.2, 0) is 6.42 Å². The number of aromatic nitrogens is 2. The number of H-pyrrole nitrogens is 1. The van der Waals surface area contributed by atoms with Crippen molar-refractivity contribution >= 4 is 0 Å². The molecule has 4 heteroatoms. The maximum absolute atomic E-state index is 11.1. The molecule has 0 saturated carbocycles. The van der Waals surface area contributed by atoms with Crippen LogP contribution in [0.25, 0.3) is 22.6 Å². The molecule has 2 aromatic carbocycles. The zero-order chi connectivity index (χ0) is 13.9. The normalized spacial score (nSPS) is 10.7. The van der Waals surface area contributed by atoms with E-state index in [1.807, 2.05) is 24.3 Å². The molecule has 0 aliphatic heterocycles. The molecule has 20 heavy (non-hydrogen) atoms. The van der Waals surface area contributed by atoms with Gasteiger partial charge in [-0.25, -0.2) is 4.79 Å². The molecule has 0 fully saturated rings. The first kappa shape index (κ1) is 12.4. The van der Waals surface area contributed by atoms with E-state index in [2.05, 4.69) is 41.3 Å². The predicted octanol–water partition coefficient (Wildman–Crippen LogP) is 3.26. The van der Waals surface area contributed by atoms with Crippen LogP contribution in [0.2, 0.25) is 0 Å². The Balaban J connectivity index is 2.11. The fraction of sp³-hybridized carbons (Fsp3) is 0.125. The van der Waals surface area contributed by atoms with E-state index in [0.29, 0.717) is 5.89 Å². The van der Waals surface area contributed by atoms with Gasteiger partial charge in [-0.2, -0.15) is 10.1 Å². The summed E-state index contributed by atoms with van der Waals surface area (Å²) in [5.74, 6) is 0.310. The summed E-state index contributed by atoms with van der Waals surface area (Å²) in [4.78, 5) is 15.0. The molecule has 0 aliphatic carbocycles. The number of nitrogens with one attached hydrogen (secondary N) is 1. The summed E-state index contributed by atoms with van der Waals surface area (Å²) in [6.45, 7) is 2.13. The van der Waals surface area contributed by atoms with E-state index in [1.54, 1.807) is 0 Å². The Labute approximate surface area is 116 Å². The van der Waals surface area contributed by atoms with Gasteiger partial charge in [-0.15, -0.1) is 0 Å². The van der Waals surface area contributed by atoms with Crippen molar-refractivity contribution in [2.45, 2.75) is 13.3 Å². The van der Waals surface area contributed by atoms with Crippen molar-refractivity contribution in [3.05, 3.63) is 64.6 Å². The quantitative estimate of drug-likeness (QED) is 0.791. The van der Waals surface area contributed by atoms with Crippen LogP contribution >= 0.6 is 0 Å². The summed E-state index contributed by atoms with van der Waals surface area (Å²) in [5.41, 5.74) is 3.68. The van der Waals surface area contributed by atoms with E-state index < -0.39 is 5.69 Å². The molecule has 4 nitrogen and oxygen atoms in total. The van der Waals surface area contributed by atoms with Crippen LogP contribution in [0.5, 0.6) is 0 Å². The third kappa shape index (κ3) is 2.28. The van der Waals surface area contributed by atoms with Crippen molar-refractivity contribution in [1.29, 1.82) is 0 Å². The van der Waals surface area contributed by atoms with Gasteiger partial charge in [0.2, 0.25) is 0 Å². The molecule has 0 atom stereocenters. The molecule has 0 radical (unpaired) electrons. The van der Waals surface area contributed by atoms with Gasteiger partial charge < -0.3 is 4.52 Å². The lowest BCUT2D eigenvalue weighted by molar-refractivity contribution is 0.424. The van der Waals surface area contributed by atoms with Gasteiger partial charge in [-0.1, -0.05) is 49.4 Å². The van der Waals surface area contributed by atoms with Crippen LogP contribution in [-0.4, -0.2) is 10.1 Å². The molecule has 3 aromatic rings. The summed E-state index contributed by atoms with van der Waals surface area (Å²) in [6.07, 6.45) is 1.01. The first-order valence-corrected chi connectivity index (χ1v) is 6.52. The average molecular weight is 266 g/mol. The number of nitrogens with zero attached hydrogens (tertiary/aromatic N) is 1. The van der Waals surface area contributed by atoms with Crippen LogP contribution in [0.4, 0.5) is 0 Å². The lowest BCUT2D eigenvalue weighted by atomic mass is 9.98. The molecular weight excluding hydrogens is 252 g/mol. The highest BCUT2D eigenvalue weighted by molar-refractivity contribution is 5.79. The average Bonchev–Trinajstić information content (AvgIpc) is 2.94. The van der Waals surface area contributed by atoms with Crippen molar-refractivity contribution in [2.24, 2.45) is 0 Å². The lowest BCUT2D eigenvalue weighted by Crippen LogP contribution is -2.00. The maximum atomic E-state index is 11.1. The smallest absolute Gasteiger partial charge is 0.357 e. The standard InChI is InChI=1S/C16H14N2O2/c1-2-11-7-9-12(10-8-11)13-5-3-4-6-14(13)15-17-16(19)18-20-15/h3-10H,2H2,1H3,(H,18,19). The fourth-order valence-electron chi connectivity index (χ4n) is 2.19. The Kier molecular flexibility index (Phi) is 3.21. The van der Waals surface area contributed by atoms with E-state index in [-0.39, 0.29) is 0 Å². The van der Waals surface area contributed by atoms with Crippen molar-refractivity contribution in [1.82, 2.24) is 10.1 Å². The third-order valence-electron chi connectivity index (χ3n) is 3.27. The summed E-state index contributed by atoms with van der Waals surface area (Å²) in [7, 11) is 0. The highest BCUT2D eigenvalue weighted by Crippen LogP contribution is 2.30. The zero-order valence-electron chi connectivity index (χ0n) is 11.1. The van der Waals surface area contributed by atoms with E-state index >= 15 is 0 Å². The Hall–Kier alpha value is -2.62. The Bertz CT molecular complexity index is 769. The van der Waals surface area contributed by atoms with Gasteiger partial charge in [0.05, 0.1) is 0 Å². The van der Waals surface area contributed by atoms with Crippen molar-refractivity contribution < 1.29 is 4.52 Å². The van der Waals surface area contributed by atoms with E-state index in [4.69, 9.17) is 4.52 Å². The topological polar surface area (TPSA) is 58.9 Å². The summed E-state index contributed by atoms with van der Waals surface area (Å²) in [6, 6.07) is 16.1. The minimum absolute atomic E-state index is 0.310. The largest absolute Gasteiger partial charge is 0.377 e. The minimum Gasteiger partial charge on any atom is -0.357 e. The van der Waals surface area contributed by atoms with E-state index in [1.165, 1.54) is 5.56 Å². The summed E-state index contributed by atoms with van der Waals surface area (Å²) >= 11 is 0. The van der Waals surface area contributed by atoms with Crippen LogP contribution in [0.15, 0.2) is 57.8 Å². The lowest BCUT2D eigenvalue weighted by Gasteiger charge is -2.07. The molecule has 0 spiro atoms. The molecule has 0 unspecified atom stereocenters. The molecule has 0 saturated heterocycles. The first-order chi connectivity index (χ1) is 9.78. The van der Waals surface area contributed by atoms with E-state index in [0.717, 1.165) is 23.1 Å².